The van der Waals surface area contributed by atoms with Crippen LogP contribution in [0.25, 0.3) is 6.08 Å². The van der Waals surface area contributed by atoms with Gasteiger partial charge in [-0.25, -0.2) is 4.68 Å². The van der Waals surface area contributed by atoms with Gasteiger partial charge in [-0.1, -0.05) is 54.8 Å². The van der Waals surface area contributed by atoms with Gasteiger partial charge >= 0.3 is 0 Å². The van der Waals surface area contributed by atoms with Crippen LogP contribution in [0, 0.1) is 0 Å². The zero-order chi connectivity index (χ0) is 18.0. The Bertz CT molecular complexity index is 746. The van der Waals surface area contributed by atoms with Crippen molar-refractivity contribution in [2.45, 2.75) is 44.7 Å². The van der Waals surface area contributed by atoms with Gasteiger partial charge in [0, 0.05) is 12.3 Å². The second-order valence-electron chi connectivity index (χ2n) is 6.38. The van der Waals surface area contributed by atoms with Crippen molar-refractivity contribution in [1.82, 2.24) is 25.7 Å². The minimum absolute atomic E-state index is 0.481. The summed E-state index contributed by atoms with van der Waals surface area (Å²) in [6.45, 7) is 0.707. The summed E-state index contributed by atoms with van der Waals surface area (Å²) in [5, 5.41) is 16.3. The van der Waals surface area contributed by atoms with Crippen molar-refractivity contribution in [1.29, 1.82) is 0 Å². The van der Waals surface area contributed by atoms with Gasteiger partial charge in [-0.15, -0.1) is 5.10 Å². The third-order valence-corrected chi connectivity index (χ3v) is 4.49. The zero-order valence-corrected chi connectivity index (χ0v) is 15.5. The van der Waals surface area contributed by atoms with Gasteiger partial charge in [0.25, 0.3) is 0 Å². The molecule has 7 heteroatoms. The fourth-order valence-electron chi connectivity index (χ4n) is 2.98. The van der Waals surface area contributed by atoms with Crippen molar-refractivity contribution < 1.29 is 0 Å². The molecule has 1 fully saturated rings. The molecule has 1 heterocycles. The van der Waals surface area contributed by atoms with E-state index in [0.29, 0.717) is 17.7 Å². The average Bonchev–Trinajstić information content (AvgIpc) is 3.10. The van der Waals surface area contributed by atoms with Crippen molar-refractivity contribution >= 4 is 29.6 Å². The highest BCUT2D eigenvalue weighted by Crippen LogP contribution is 2.17. The lowest BCUT2D eigenvalue weighted by Crippen LogP contribution is -2.40. The molecule has 136 valence electrons. The minimum atomic E-state index is 0.481. The third-order valence-electron chi connectivity index (χ3n) is 4.28. The number of hydrogen-bond donors (Lipinski definition) is 2. The molecule has 3 rings (SSSR count). The molecule has 0 amide bonds. The van der Waals surface area contributed by atoms with Crippen LogP contribution in [0.5, 0.6) is 0 Å². The van der Waals surface area contributed by atoms with Crippen LogP contribution < -0.4 is 10.7 Å². The number of nitrogens with zero attached hydrogens (tertiary/aromatic N) is 4. The standard InChI is InChI=1S/C19H24N6S/c26-19(21-17-10-5-2-6-11-17)23-20-13-7-12-18-15-25(24-22-18)14-16-8-3-1-4-9-16/h1,3-4,7-9,12-13,15,17H,2,5-6,10-11,14H2,(H2,21,23,26)/b12-7+,20-13+. The molecule has 0 spiro atoms. The van der Waals surface area contributed by atoms with Crippen molar-refractivity contribution in [2.24, 2.45) is 5.10 Å². The Labute approximate surface area is 159 Å². The number of allylic oxidation sites excluding steroid dienone is 1. The highest BCUT2D eigenvalue weighted by atomic mass is 32.1. The number of aromatic nitrogens is 3. The van der Waals surface area contributed by atoms with Crippen LogP contribution in [0.2, 0.25) is 0 Å². The molecule has 1 saturated carbocycles. The molecule has 0 aliphatic heterocycles. The summed E-state index contributed by atoms with van der Waals surface area (Å²) in [4.78, 5) is 0. The van der Waals surface area contributed by atoms with Gasteiger partial charge in [0.15, 0.2) is 5.11 Å². The van der Waals surface area contributed by atoms with Crippen LogP contribution >= 0.6 is 12.2 Å². The monoisotopic (exact) mass is 368 g/mol. The van der Waals surface area contributed by atoms with E-state index in [9.17, 15) is 0 Å². The number of hydrogen-bond acceptors (Lipinski definition) is 4. The van der Waals surface area contributed by atoms with Gasteiger partial charge in [-0.05, 0) is 42.8 Å². The Morgan fingerprint density at radius 2 is 2.04 bits per heavy atom. The molecule has 1 aromatic carbocycles. The second-order valence-corrected chi connectivity index (χ2v) is 6.79. The Morgan fingerprint density at radius 3 is 2.85 bits per heavy atom. The maximum atomic E-state index is 5.26. The van der Waals surface area contributed by atoms with Crippen LogP contribution in [0.3, 0.4) is 0 Å². The normalized spacial score (nSPS) is 15.5. The number of rotatable bonds is 6. The van der Waals surface area contributed by atoms with Gasteiger partial charge in [-0.2, -0.15) is 5.10 Å². The summed E-state index contributed by atoms with van der Waals surface area (Å²) in [5.74, 6) is 0. The highest BCUT2D eigenvalue weighted by Gasteiger charge is 2.13. The average molecular weight is 369 g/mol. The molecule has 1 aromatic heterocycles. The summed E-state index contributed by atoms with van der Waals surface area (Å²) in [6, 6.07) is 10.7. The molecule has 0 unspecified atom stereocenters. The van der Waals surface area contributed by atoms with Crippen molar-refractivity contribution in [3.8, 4) is 0 Å². The molecule has 26 heavy (non-hydrogen) atoms. The van der Waals surface area contributed by atoms with E-state index in [2.05, 4.69) is 38.3 Å². The van der Waals surface area contributed by atoms with Gasteiger partial charge in [0.05, 0.1) is 12.7 Å². The van der Waals surface area contributed by atoms with Crippen LogP contribution in [0.15, 0.2) is 47.7 Å². The largest absolute Gasteiger partial charge is 0.359 e. The number of benzene rings is 1. The summed E-state index contributed by atoms with van der Waals surface area (Å²) in [7, 11) is 0. The van der Waals surface area contributed by atoms with E-state index in [-0.39, 0.29) is 0 Å². The Balaban J connectivity index is 1.40. The van der Waals surface area contributed by atoms with E-state index in [1.165, 1.54) is 37.7 Å². The molecule has 0 atom stereocenters. The van der Waals surface area contributed by atoms with E-state index in [1.54, 1.807) is 6.21 Å². The summed E-state index contributed by atoms with van der Waals surface area (Å²) >= 11 is 5.26. The van der Waals surface area contributed by atoms with Crippen LogP contribution in [-0.4, -0.2) is 32.4 Å². The quantitative estimate of drug-likeness (QED) is 0.466. The van der Waals surface area contributed by atoms with E-state index >= 15 is 0 Å². The van der Waals surface area contributed by atoms with Crippen LogP contribution in [0.4, 0.5) is 0 Å². The third kappa shape index (κ3) is 6.07. The van der Waals surface area contributed by atoms with Gasteiger partial charge in [-0.3, -0.25) is 5.43 Å². The maximum absolute atomic E-state index is 5.26. The van der Waals surface area contributed by atoms with Gasteiger partial charge in [0.2, 0.25) is 0 Å². The maximum Gasteiger partial charge on any atom is 0.187 e. The fraction of sp³-hybridized carbons (Fsp3) is 0.368. The lowest BCUT2D eigenvalue weighted by molar-refractivity contribution is 0.412. The molecule has 0 bridgehead atoms. The molecular formula is C19H24N6S. The smallest absolute Gasteiger partial charge is 0.187 e. The second kappa shape index (κ2) is 9.82. The first-order chi connectivity index (χ1) is 12.8. The van der Waals surface area contributed by atoms with Gasteiger partial charge in [0.1, 0.15) is 5.69 Å². The Hall–Kier alpha value is -2.54. The minimum Gasteiger partial charge on any atom is -0.359 e. The first-order valence-electron chi connectivity index (χ1n) is 9.00. The molecule has 2 aromatic rings. The molecule has 1 aliphatic carbocycles. The van der Waals surface area contributed by atoms with E-state index < -0.39 is 0 Å². The first kappa shape index (κ1) is 18.3. The SMILES string of the molecule is S=C(N/N=C/C=C/c1cn(Cc2ccccc2)nn1)NC1CCCCC1. The van der Waals surface area contributed by atoms with Crippen LogP contribution in [0.1, 0.15) is 43.4 Å². The lowest BCUT2D eigenvalue weighted by atomic mass is 9.96. The predicted octanol–water partition coefficient (Wildman–Crippen LogP) is 3.12. The molecule has 1 aliphatic rings. The molecule has 6 nitrogen and oxygen atoms in total. The van der Waals surface area contributed by atoms with Crippen LogP contribution in [-0.2, 0) is 6.54 Å². The molecular weight excluding hydrogens is 344 g/mol. The van der Waals surface area contributed by atoms with Crippen molar-refractivity contribution in [2.75, 3.05) is 0 Å². The summed E-state index contributed by atoms with van der Waals surface area (Å²) < 4.78 is 1.81. The predicted molar refractivity (Wildman–Crippen MR) is 109 cm³/mol. The van der Waals surface area contributed by atoms with E-state index in [1.807, 2.05) is 41.2 Å². The van der Waals surface area contributed by atoms with Crippen molar-refractivity contribution in [3.63, 3.8) is 0 Å². The Morgan fingerprint density at radius 1 is 1.23 bits per heavy atom. The molecule has 0 saturated heterocycles. The van der Waals surface area contributed by atoms with E-state index in [0.717, 1.165) is 5.69 Å². The topological polar surface area (TPSA) is 67.1 Å². The zero-order valence-electron chi connectivity index (χ0n) is 14.7. The number of hydrazone groups is 1. The summed E-state index contributed by atoms with van der Waals surface area (Å²) in [5.41, 5.74) is 4.83. The fourth-order valence-corrected chi connectivity index (χ4v) is 3.20. The summed E-state index contributed by atoms with van der Waals surface area (Å²) in [6.07, 6.45) is 13.5. The highest BCUT2D eigenvalue weighted by molar-refractivity contribution is 7.80. The number of thiocarbonyl (C=S) groups is 1. The van der Waals surface area contributed by atoms with Gasteiger partial charge < -0.3 is 5.32 Å². The number of nitrogens with one attached hydrogen (secondary N) is 2. The first-order valence-corrected chi connectivity index (χ1v) is 9.41. The van der Waals surface area contributed by atoms with Crippen molar-refractivity contribution in [3.05, 3.63) is 53.9 Å². The Kier molecular flexibility index (Phi) is 6.89. The van der Waals surface area contributed by atoms with E-state index in [4.69, 9.17) is 12.2 Å². The molecule has 2 N–H and O–H groups in total. The lowest BCUT2D eigenvalue weighted by Gasteiger charge is -2.23. The molecule has 0 radical (unpaired) electrons.